The van der Waals surface area contributed by atoms with Crippen molar-refractivity contribution in [3.63, 3.8) is 0 Å². The molecular formula is C19H22N6O2. The van der Waals surface area contributed by atoms with Gasteiger partial charge in [0.1, 0.15) is 11.3 Å². The molecule has 1 saturated carbocycles. The number of benzene rings is 1. The van der Waals surface area contributed by atoms with Crippen LogP contribution in [0.25, 0.3) is 10.9 Å². The average Bonchev–Trinajstić information content (AvgIpc) is 3.16. The van der Waals surface area contributed by atoms with E-state index in [9.17, 15) is 9.59 Å². The Labute approximate surface area is 156 Å². The van der Waals surface area contributed by atoms with E-state index in [4.69, 9.17) is 0 Å². The van der Waals surface area contributed by atoms with Gasteiger partial charge in [0, 0.05) is 12.5 Å². The van der Waals surface area contributed by atoms with Crippen LogP contribution >= 0.6 is 0 Å². The van der Waals surface area contributed by atoms with Gasteiger partial charge in [0.15, 0.2) is 0 Å². The predicted molar refractivity (Wildman–Crippen MR) is 101 cm³/mol. The Morgan fingerprint density at radius 2 is 1.96 bits per heavy atom. The van der Waals surface area contributed by atoms with Crippen molar-refractivity contribution in [1.29, 1.82) is 0 Å². The molecule has 0 bridgehead atoms. The van der Waals surface area contributed by atoms with Crippen LogP contribution in [-0.2, 0) is 11.3 Å². The molecule has 0 saturated heterocycles. The fourth-order valence-electron chi connectivity index (χ4n) is 3.61. The third-order valence-electron chi connectivity index (χ3n) is 5.04. The molecule has 0 spiro atoms. The van der Waals surface area contributed by atoms with E-state index < -0.39 is 0 Å². The summed E-state index contributed by atoms with van der Waals surface area (Å²) in [6.45, 7) is 0.181. The third kappa shape index (κ3) is 3.74. The number of fused-ring (bicyclic) bond motifs is 1. The summed E-state index contributed by atoms with van der Waals surface area (Å²) in [5.74, 6) is 0.540. The lowest BCUT2D eigenvalue weighted by molar-refractivity contribution is -0.116. The summed E-state index contributed by atoms with van der Waals surface area (Å²) in [6, 6.07) is 9.21. The number of aromatic nitrogens is 5. The maximum Gasteiger partial charge on any atom is 0.277 e. The van der Waals surface area contributed by atoms with Crippen LogP contribution < -0.4 is 10.9 Å². The van der Waals surface area contributed by atoms with Gasteiger partial charge in [-0.25, -0.2) is 9.36 Å². The highest BCUT2D eigenvalue weighted by Crippen LogP contribution is 2.29. The minimum Gasteiger partial charge on any atom is -0.311 e. The second-order valence-corrected chi connectivity index (χ2v) is 6.89. The standard InChI is InChI=1S/C19H22N6O2/c26-18(21-17-10-12-20-25(17)14-6-2-1-3-7-14)11-13-24-19(27)15-8-4-5-9-16(15)22-23-24/h4-5,8-10,12,14H,1-3,6-7,11,13H2,(H,21,26). The van der Waals surface area contributed by atoms with Gasteiger partial charge >= 0.3 is 0 Å². The molecule has 2 aromatic heterocycles. The fourth-order valence-corrected chi connectivity index (χ4v) is 3.61. The highest BCUT2D eigenvalue weighted by Gasteiger charge is 2.19. The first-order valence-corrected chi connectivity index (χ1v) is 9.38. The number of amides is 1. The summed E-state index contributed by atoms with van der Waals surface area (Å²) in [6.07, 6.45) is 7.69. The molecule has 27 heavy (non-hydrogen) atoms. The number of aryl methyl sites for hydroxylation is 1. The number of nitrogens with zero attached hydrogens (tertiary/aromatic N) is 5. The summed E-state index contributed by atoms with van der Waals surface area (Å²) in [5.41, 5.74) is 0.320. The molecule has 8 heteroatoms. The lowest BCUT2D eigenvalue weighted by Gasteiger charge is -2.23. The van der Waals surface area contributed by atoms with Crippen LogP contribution in [0.3, 0.4) is 0 Å². The zero-order valence-corrected chi connectivity index (χ0v) is 15.0. The van der Waals surface area contributed by atoms with Crippen molar-refractivity contribution in [3.05, 3.63) is 46.9 Å². The SMILES string of the molecule is O=C(CCn1nnc2ccccc2c1=O)Nc1ccnn1C1CCCCC1. The summed E-state index contributed by atoms with van der Waals surface area (Å²) in [4.78, 5) is 24.8. The van der Waals surface area contributed by atoms with Gasteiger partial charge in [-0.05, 0) is 25.0 Å². The first-order valence-electron chi connectivity index (χ1n) is 9.38. The van der Waals surface area contributed by atoms with Crippen LogP contribution in [0.5, 0.6) is 0 Å². The molecule has 3 aromatic rings. The van der Waals surface area contributed by atoms with Crippen LogP contribution in [-0.4, -0.2) is 30.7 Å². The van der Waals surface area contributed by atoms with Gasteiger partial charge in [-0.15, -0.1) is 5.10 Å². The quantitative estimate of drug-likeness (QED) is 0.749. The van der Waals surface area contributed by atoms with E-state index in [0.717, 1.165) is 12.8 Å². The Hall–Kier alpha value is -3.03. The highest BCUT2D eigenvalue weighted by molar-refractivity contribution is 5.89. The highest BCUT2D eigenvalue weighted by atomic mass is 16.2. The van der Waals surface area contributed by atoms with Crippen LogP contribution in [0.1, 0.15) is 44.6 Å². The largest absolute Gasteiger partial charge is 0.311 e. The number of anilines is 1. The number of rotatable bonds is 5. The van der Waals surface area contributed by atoms with Gasteiger partial charge in [0.05, 0.1) is 24.2 Å². The van der Waals surface area contributed by atoms with Crippen LogP contribution in [0.15, 0.2) is 41.3 Å². The second kappa shape index (κ2) is 7.69. The number of hydrogen-bond donors (Lipinski definition) is 1. The molecule has 4 rings (SSSR count). The van der Waals surface area contributed by atoms with Crippen molar-refractivity contribution in [2.75, 3.05) is 5.32 Å². The van der Waals surface area contributed by atoms with E-state index in [-0.39, 0.29) is 24.4 Å². The van der Waals surface area contributed by atoms with Crippen molar-refractivity contribution >= 4 is 22.6 Å². The molecule has 1 N–H and O–H groups in total. The molecule has 0 aliphatic heterocycles. The van der Waals surface area contributed by atoms with Gasteiger partial charge in [0.2, 0.25) is 5.91 Å². The van der Waals surface area contributed by atoms with E-state index >= 15 is 0 Å². The number of carbonyl (C=O) groups is 1. The number of nitrogens with one attached hydrogen (secondary N) is 1. The zero-order valence-electron chi connectivity index (χ0n) is 15.0. The minimum atomic E-state index is -0.236. The first kappa shape index (κ1) is 17.4. The maximum absolute atomic E-state index is 12.4. The molecule has 2 heterocycles. The minimum absolute atomic E-state index is 0.142. The van der Waals surface area contributed by atoms with Crippen molar-refractivity contribution in [1.82, 2.24) is 24.8 Å². The average molecular weight is 366 g/mol. The molecule has 1 aromatic carbocycles. The molecule has 0 radical (unpaired) electrons. The monoisotopic (exact) mass is 366 g/mol. The van der Waals surface area contributed by atoms with Crippen molar-refractivity contribution in [2.24, 2.45) is 0 Å². The molecule has 1 aliphatic carbocycles. The number of carbonyl (C=O) groups excluding carboxylic acids is 1. The smallest absolute Gasteiger partial charge is 0.277 e. The van der Waals surface area contributed by atoms with Crippen molar-refractivity contribution < 1.29 is 4.79 Å². The van der Waals surface area contributed by atoms with Gasteiger partial charge in [-0.3, -0.25) is 9.59 Å². The molecule has 8 nitrogen and oxygen atoms in total. The summed E-state index contributed by atoms with van der Waals surface area (Å²) in [5, 5.41) is 15.8. The van der Waals surface area contributed by atoms with Gasteiger partial charge in [-0.1, -0.05) is 36.6 Å². The summed E-state index contributed by atoms with van der Waals surface area (Å²) in [7, 11) is 0. The van der Waals surface area contributed by atoms with Crippen molar-refractivity contribution in [2.45, 2.75) is 51.1 Å². The van der Waals surface area contributed by atoms with E-state index in [1.807, 2.05) is 16.8 Å². The molecular weight excluding hydrogens is 344 g/mol. The lowest BCUT2D eigenvalue weighted by Crippen LogP contribution is -2.27. The first-order chi connectivity index (χ1) is 13.2. The van der Waals surface area contributed by atoms with Gasteiger partial charge in [-0.2, -0.15) is 5.10 Å². The Kier molecular flexibility index (Phi) is 4.95. The maximum atomic E-state index is 12.4. The van der Waals surface area contributed by atoms with Crippen LogP contribution in [0.4, 0.5) is 5.82 Å². The molecule has 140 valence electrons. The van der Waals surface area contributed by atoms with Crippen LogP contribution in [0.2, 0.25) is 0 Å². The van der Waals surface area contributed by atoms with E-state index in [0.29, 0.717) is 22.8 Å². The molecule has 0 unspecified atom stereocenters. The van der Waals surface area contributed by atoms with E-state index in [2.05, 4.69) is 20.7 Å². The molecule has 1 fully saturated rings. The van der Waals surface area contributed by atoms with Gasteiger partial charge in [0.25, 0.3) is 5.56 Å². The van der Waals surface area contributed by atoms with E-state index in [1.54, 1.807) is 24.4 Å². The van der Waals surface area contributed by atoms with Gasteiger partial charge < -0.3 is 5.32 Å². The Bertz CT molecular complexity index is 1000. The van der Waals surface area contributed by atoms with Crippen molar-refractivity contribution in [3.8, 4) is 0 Å². The molecule has 0 atom stereocenters. The molecule has 1 amide bonds. The predicted octanol–water partition coefficient (Wildman–Crippen LogP) is 2.52. The summed E-state index contributed by atoms with van der Waals surface area (Å²) >= 11 is 0. The second-order valence-electron chi connectivity index (χ2n) is 6.89. The Morgan fingerprint density at radius 3 is 2.81 bits per heavy atom. The summed E-state index contributed by atoms with van der Waals surface area (Å²) < 4.78 is 3.15. The Balaban J connectivity index is 1.42. The third-order valence-corrected chi connectivity index (χ3v) is 5.04. The topological polar surface area (TPSA) is 94.7 Å². The normalized spacial score (nSPS) is 15.1. The zero-order chi connectivity index (χ0) is 18.6. The fraction of sp³-hybridized carbons (Fsp3) is 0.421. The number of hydrogen-bond acceptors (Lipinski definition) is 5. The Morgan fingerprint density at radius 1 is 1.15 bits per heavy atom. The van der Waals surface area contributed by atoms with Crippen LogP contribution in [0, 0.1) is 0 Å². The molecule has 1 aliphatic rings. The lowest BCUT2D eigenvalue weighted by atomic mass is 9.96. The van der Waals surface area contributed by atoms with E-state index in [1.165, 1.54) is 23.9 Å².